The van der Waals surface area contributed by atoms with Crippen molar-refractivity contribution in [1.29, 1.82) is 0 Å². The maximum atomic E-state index is 12.9. The zero-order chi connectivity index (χ0) is 27.0. The summed E-state index contributed by atoms with van der Waals surface area (Å²) in [5.41, 5.74) is 3.97. The number of fused-ring (bicyclic) bond motifs is 1. The van der Waals surface area contributed by atoms with Gasteiger partial charge in [0.2, 0.25) is 5.95 Å². The second-order valence-corrected chi connectivity index (χ2v) is 12.5. The van der Waals surface area contributed by atoms with E-state index in [9.17, 15) is 8.42 Å². The summed E-state index contributed by atoms with van der Waals surface area (Å²) in [6.07, 6.45) is 3.02. The Morgan fingerprint density at radius 2 is 1.84 bits per heavy atom. The quantitative estimate of drug-likeness (QED) is 0.238. The minimum Gasteiger partial charge on any atom is -0.495 e. The van der Waals surface area contributed by atoms with Crippen molar-refractivity contribution in [1.82, 2.24) is 9.97 Å². The fraction of sp³-hybridized carbons (Fsp3) is 0.346. The predicted molar refractivity (Wildman–Crippen MR) is 156 cm³/mol. The Hall–Kier alpha value is -3.08. The number of ether oxygens (including phenoxy) is 1. The van der Waals surface area contributed by atoms with Gasteiger partial charge in [-0.25, -0.2) is 13.4 Å². The number of aromatic nitrogens is 2. The largest absolute Gasteiger partial charge is 0.495 e. The second kappa shape index (κ2) is 11.3. The Bertz CT molecular complexity index is 1480. The number of rotatable bonds is 7. The lowest BCUT2D eigenvalue weighted by Crippen LogP contribution is -2.35. The molecular formula is C26H32Cl2N6O3S. The zero-order valence-corrected chi connectivity index (χ0v) is 24.3. The maximum absolute atomic E-state index is 12.9. The van der Waals surface area contributed by atoms with Gasteiger partial charge in [0.1, 0.15) is 10.8 Å². The molecule has 204 valence electrons. The van der Waals surface area contributed by atoms with Gasteiger partial charge in [-0.2, -0.15) is 10.1 Å². The molecule has 0 bridgehead atoms. The molecule has 3 aromatic rings. The van der Waals surface area contributed by atoms with Crippen LogP contribution in [-0.2, 0) is 21.7 Å². The minimum atomic E-state index is -3.53. The van der Waals surface area contributed by atoms with E-state index in [0.717, 1.165) is 29.7 Å². The lowest BCUT2D eigenvalue weighted by atomic mass is 9.71. The van der Waals surface area contributed by atoms with Crippen molar-refractivity contribution in [3.63, 3.8) is 0 Å². The number of aryl methyl sites for hydroxylation is 1. The van der Waals surface area contributed by atoms with Crippen molar-refractivity contribution in [3.05, 3.63) is 58.7 Å². The fourth-order valence-corrected chi connectivity index (χ4v) is 5.80. The average Bonchev–Trinajstić information content (AvgIpc) is 2.86. The van der Waals surface area contributed by atoms with Crippen molar-refractivity contribution >= 4 is 62.7 Å². The SMILES string of the molecule is COc1cc2c(cc1Nc1ncc(Cl)c(Nc3ccccc3S(=O)(=O)C(C)C)n1)CC/C(=N\N)C2(C)C.Cl. The first-order valence-corrected chi connectivity index (χ1v) is 13.8. The smallest absolute Gasteiger partial charge is 0.229 e. The fourth-order valence-electron chi connectivity index (χ4n) is 4.46. The van der Waals surface area contributed by atoms with Gasteiger partial charge in [0.25, 0.3) is 0 Å². The third-order valence-corrected chi connectivity index (χ3v) is 9.15. The number of nitrogens with zero attached hydrogens (tertiary/aromatic N) is 3. The number of hydrazone groups is 1. The second-order valence-electron chi connectivity index (χ2n) is 9.64. The van der Waals surface area contributed by atoms with Gasteiger partial charge in [-0.05, 0) is 62.1 Å². The predicted octanol–water partition coefficient (Wildman–Crippen LogP) is 5.77. The summed E-state index contributed by atoms with van der Waals surface area (Å²) in [4.78, 5) is 9.01. The van der Waals surface area contributed by atoms with Crippen LogP contribution in [0.2, 0.25) is 5.02 Å². The Balaban J connectivity index is 0.00000400. The van der Waals surface area contributed by atoms with Crippen LogP contribution in [0.3, 0.4) is 0 Å². The third kappa shape index (κ3) is 5.52. The normalized spacial score (nSPS) is 15.5. The molecule has 0 atom stereocenters. The van der Waals surface area contributed by atoms with Crippen LogP contribution in [0.1, 0.15) is 45.2 Å². The first-order chi connectivity index (χ1) is 17.5. The number of hydrogen-bond donors (Lipinski definition) is 3. The molecule has 1 aliphatic carbocycles. The molecule has 4 rings (SSSR count). The van der Waals surface area contributed by atoms with Gasteiger partial charge in [0, 0.05) is 11.1 Å². The summed E-state index contributed by atoms with van der Waals surface area (Å²) in [6.45, 7) is 7.48. The summed E-state index contributed by atoms with van der Waals surface area (Å²) in [7, 11) is -1.93. The van der Waals surface area contributed by atoms with E-state index in [2.05, 4.69) is 39.6 Å². The maximum Gasteiger partial charge on any atom is 0.229 e. The Kier molecular flexibility index (Phi) is 8.80. The van der Waals surface area contributed by atoms with Gasteiger partial charge >= 0.3 is 0 Å². The van der Waals surface area contributed by atoms with Crippen molar-refractivity contribution in [2.24, 2.45) is 10.9 Å². The molecule has 1 aromatic heterocycles. The number of nitrogens with one attached hydrogen (secondary N) is 2. The van der Waals surface area contributed by atoms with Crippen molar-refractivity contribution in [2.45, 2.75) is 56.1 Å². The molecule has 0 fully saturated rings. The number of anilines is 4. The van der Waals surface area contributed by atoms with Crippen LogP contribution in [0.25, 0.3) is 0 Å². The number of hydrogen-bond acceptors (Lipinski definition) is 9. The van der Waals surface area contributed by atoms with Crippen LogP contribution in [0.15, 0.2) is 52.6 Å². The number of nitrogens with two attached hydrogens (primary N) is 1. The highest BCUT2D eigenvalue weighted by Gasteiger charge is 2.34. The van der Waals surface area contributed by atoms with Crippen LogP contribution in [0.5, 0.6) is 5.75 Å². The minimum absolute atomic E-state index is 0. The lowest BCUT2D eigenvalue weighted by molar-refractivity contribution is 0.415. The summed E-state index contributed by atoms with van der Waals surface area (Å²) in [5, 5.41) is 9.97. The number of sulfone groups is 1. The van der Waals surface area contributed by atoms with Crippen LogP contribution in [0, 0.1) is 0 Å². The number of benzene rings is 2. The molecule has 1 aliphatic rings. The molecule has 0 amide bonds. The van der Waals surface area contributed by atoms with Gasteiger partial charge < -0.3 is 21.2 Å². The van der Waals surface area contributed by atoms with E-state index in [0.29, 0.717) is 17.1 Å². The number of methoxy groups -OCH3 is 1. The van der Waals surface area contributed by atoms with Crippen molar-refractivity contribution in [2.75, 3.05) is 17.7 Å². The van der Waals surface area contributed by atoms with E-state index >= 15 is 0 Å². The van der Waals surface area contributed by atoms with Gasteiger partial charge in [-0.1, -0.05) is 37.6 Å². The summed E-state index contributed by atoms with van der Waals surface area (Å²) >= 11 is 6.38. The van der Waals surface area contributed by atoms with Gasteiger partial charge in [-0.15, -0.1) is 12.4 Å². The summed E-state index contributed by atoms with van der Waals surface area (Å²) in [5.74, 6) is 6.81. The van der Waals surface area contributed by atoms with E-state index in [1.54, 1.807) is 45.2 Å². The Labute approximate surface area is 234 Å². The molecular weight excluding hydrogens is 547 g/mol. The molecule has 12 heteroatoms. The lowest BCUT2D eigenvalue weighted by Gasteiger charge is -2.34. The van der Waals surface area contributed by atoms with Crippen LogP contribution in [0.4, 0.5) is 23.1 Å². The number of halogens is 2. The molecule has 0 saturated heterocycles. The molecule has 2 aromatic carbocycles. The summed E-state index contributed by atoms with van der Waals surface area (Å²) in [6, 6.07) is 10.7. The zero-order valence-electron chi connectivity index (χ0n) is 21.9. The Morgan fingerprint density at radius 1 is 1.13 bits per heavy atom. The highest BCUT2D eigenvalue weighted by atomic mass is 35.5. The van der Waals surface area contributed by atoms with E-state index in [1.165, 1.54) is 6.20 Å². The molecule has 0 radical (unpaired) electrons. The molecule has 4 N–H and O–H groups in total. The molecule has 38 heavy (non-hydrogen) atoms. The topological polar surface area (TPSA) is 132 Å². The third-order valence-electron chi connectivity index (χ3n) is 6.66. The van der Waals surface area contributed by atoms with Crippen LogP contribution < -0.4 is 21.2 Å². The first kappa shape index (κ1) is 29.5. The van der Waals surface area contributed by atoms with Gasteiger partial charge in [0.05, 0.1) is 34.8 Å². The van der Waals surface area contributed by atoms with Crippen LogP contribution >= 0.6 is 24.0 Å². The van der Waals surface area contributed by atoms with E-state index in [4.69, 9.17) is 22.2 Å². The molecule has 9 nitrogen and oxygen atoms in total. The first-order valence-electron chi connectivity index (χ1n) is 11.9. The standard InChI is InChI=1S/C26H31ClN6O3S.ClH/c1-15(2)37(34,35)22-9-7-6-8-19(22)30-24-18(27)14-29-25(32-24)31-20-12-16-10-11-23(33-28)26(3,4)17(16)13-21(20)36-5;/h6-9,12-15H,10-11,28H2,1-5H3,(H2,29,30,31,32);1H/b33-23+;. The molecule has 1 heterocycles. The molecule has 0 saturated carbocycles. The molecule has 0 spiro atoms. The molecule has 0 aliphatic heterocycles. The van der Waals surface area contributed by atoms with E-state index in [-0.39, 0.29) is 39.5 Å². The van der Waals surface area contributed by atoms with E-state index < -0.39 is 15.1 Å². The number of para-hydroxylation sites is 1. The van der Waals surface area contributed by atoms with Crippen molar-refractivity contribution < 1.29 is 13.2 Å². The van der Waals surface area contributed by atoms with Gasteiger partial charge in [0.15, 0.2) is 15.7 Å². The Morgan fingerprint density at radius 3 is 2.50 bits per heavy atom. The average molecular weight is 580 g/mol. The van der Waals surface area contributed by atoms with Gasteiger partial charge in [-0.3, -0.25) is 0 Å². The van der Waals surface area contributed by atoms with E-state index in [1.807, 2.05) is 12.1 Å². The summed E-state index contributed by atoms with van der Waals surface area (Å²) < 4.78 is 31.4. The van der Waals surface area contributed by atoms with Crippen LogP contribution in [-0.4, -0.2) is 36.5 Å². The van der Waals surface area contributed by atoms with Crippen molar-refractivity contribution in [3.8, 4) is 5.75 Å². The molecule has 0 unspecified atom stereocenters. The highest BCUT2D eigenvalue weighted by Crippen LogP contribution is 2.41. The monoisotopic (exact) mass is 578 g/mol. The highest BCUT2D eigenvalue weighted by molar-refractivity contribution is 7.92.